The van der Waals surface area contributed by atoms with Crippen molar-refractivity contribution in [3.63, 3.8) is 0 Å². The summed E-state index contributed by atoms with van der Waals surface area (Å²) < 4.78 is 5.31. The van der Waals surface area contributed by atoms with Crippen LogP contribution >= 0.6 is 11.8 Å². The van der Waals surface area contributed by atoms with Crippen LogP contribution in [0.5, 0.6) is 0 Å². The number of morpholine rings is 1. The summed E-state index contributed by atoms with van der Waals surface area (Å²) in [7, 11) is 0. The van der Waals surface area contributed by atoms with Crippen LogP contribution in [0, 0.1) is 0 Å². The van der Waals surface area contributed by atoms with E-state index < -0.39 is 0 Å². The topological polar surface area (TPSA) is 89.2 Å². The van der Waals surface area contributed by atoms with Gasteiger partial charge < -0.3 is 9.64 Å². The minimum absolute atomic E-state index is 0.398. The molecule has 1 aromatic rings. The maximum atomic E-state index is 5.39. The fourth-order valence-electron chi connectivity index (χ4n) is 1.58. The van der Waals surface area contributed by atoms with E-state index >= 15 is 0 Å². The van der Waals surface area contributed by atoms with Gasteiger partial charge in [-0.2, -0.15) is 15.0 Å². The largest absolute Gasteiger partial charge is 0.378 e. The predicted octanol–water partition coefficient (Wildman–Crippen LogP) is 0.494. The summed E-state index contributed by atoms with van der Waals surface area (Å²) in [4.78, 5) is 15.1. The van der Waals surface area contributed by atoms with Crippen molar-refractivity contribution < 1.29 is 4.74 Å². The summed E-state index contributed by atoms with van der Waals surface area (Å²) in [6.07, 6.45) is 0. The van der Waals surface area contributed by atoms with Crippen LogP contribution in [0.1, 0.15) is 13.8 Å². The average molecular weight is 270 g/mol. The molecule has 1 aliphatic heterocycles. The molecule has 0 unspecified atom stereocenters. The number of thioether (sulfide) groups is 1. The Morgan fingerprint density at radius 2 is 2.00 bits per heavy atom. The molecular formula is C10H18N6OS. The molecule has 7 nitrogen and oxygen atoms in total. The Bertz CT molecular complexity index is 396. The number of nitrogens with one attached hydrogen (secondary N) is 1. The average Bonchev–Trinajstić information content (AvgIpc) is 2.38. The van der Waals surface area contributed by atoms with E-state index in [0.717, 1.165) is 13.1 Å². The van der Waals surface area contributed by atoms with Gasteiger partial charge in [0.2, 0.25) is 11.9 Å². The number of nitrogen functional groups attached to an aromatic ring is 1. The fourth-order valence-corrected chi connectivity index (χ4v) is 2.27. The van der Waals surface area contributed by atoms with E-state index in [9.17, 15) is 0 Å². The minimum atomic E-state index is 0.398. The number of aromatic nitrogens is 3. The van der Waals surface area contributed by atoms with Crippen molar-refractivity contribution in [2.75, 3.05) is 36.6 Å². The van der Waals surface area contributed by atoms with Gasteiger partial charge in [-0.3, -0.25) is 5.43 Å². The quantitative estimate of drug-likeness (QED) is 0.464. The van der Waals surface area contributed by atoms with E-state index in [1.165, 1.54) is 0 Å². The molecule has 0 aliphatic carbocycles. The summed E-state index contributed by atoms with van der Waals surface area (Å²) in [6.45, 7) is 7.17. The van der Waals surface area contributed by atoms with Gasteiger partial charge in [0, 0.05) is 18.3 Å². The van der Waals surface area contributed by atoms with Crippen LogP contribution in [-0.4, -0.2) is 46.5 Å². The maximum absolute atomic E-state index is 5.39. The molecule has 0 spiro atoms. The molecular weight excluding hydrogens is 252 g/mol. The molecule has 1 fully saturated rings. The zero-order valence-electron chi connectivity index (χ0n) is 10.6. The zero-order chi connectivity index (χ0) is 13.0. The second kappa shape index (κ2) is 6.17. The van der Waals surface area contributed by atoms with Crippen LogP contribution in [0.3, 0.4) is 0 Å². The van der Waals surface area contributed by atoms with Crippen molar-refractivity contribution >= 4 is 23.7 Å². The first kappa shape index (κ1) is 13.3. The molecule has 2 rings (SSSR count). The molecule has 3 N–H and O–H groups in total. The zero-order valence-corrected chi connectivity index (χ0v) is 11.4. The molecule has 0 aromatic carbocycles. The van der Waals surface area contributed by atoms with Crippen molar-refractivity contribution in [2.45, 2.75) is 24.3 Å². The number of nitrogens with zero attached hydrogens (tertiary/aromatic N) is 4. The fraction of sp³-hybridized carbons (Fsp3) is 0.700. The third-order valence-corrected chi connectivity index (χ3v) is 3.23. The molecule has 0 radical (unpaired) electrons. The highest BCUT2D eigenvalue weighted by molar-refractivity contribution is 7.99. The Labute approximate surface area is 110 Å². The van der Waals surface area contributed by atoms with Crippen molar-refractivity contribution in [1.29, 1.82) is 0 Å². The summed E-state index contributed by atoms with van der Waals surface area (Å²) in [5.74, 6) is 6.45. The SMILES string of the molecule is CC(C)Sc1nc(NN)nc(N2CCOCC2)n1. The van der Waals surface area contributed by atoms with Gasteiger partial charge in [-0.15, -0.1) is 0 Å². The lowest BCUT2D eigenvalue weighted by atomic mass is 10.4. The van der Waals surface area contributed by atoms with Gasteiger partial charge in [-0.25, -0.2) is 5.84 Å². The van der Waals surface area contributed by atoms with Gasteiger partial charge >= 0.3 is 0 Å². The van der Waals surface area contributed by atoms with Crippen LogP contribution in [0.4, 0.5) is 11.9 Å². The predicted molar refractivity (Wildman–Crippen MR) is 71.7 cm³/mol. The molecule has 0 amide bonds. The van der Waals surface area contributed by atoms with E-state index in [-0.39, 0.29) is 0 Å². The molecule has 0 saturated carbocycles. The Hall–Kier alpha value is -1.12. The third kappa shape index (κ3) is 3.44. The summed E-state index contributed by atoms with van der Waals surface area (Å²) in [5.41, 5.74) is 2.49. The number of rotatable bonds is 4. The number of hydrogen-bond acceptors (Lipinski definition) is 8. The van der Waals surface area contributed by atoms with Crippen LogP contribution in [-0.2, 0) is 4.74 Å². The van der Waals surface area contributed by atoms with E-state index in [2.05, 4.69) is 39.1 Å². The van der Waals surface area contributed by atoms with Crippen molar-refractivity contribution in [3.05, 3.63) is 0 Å². The van der Waals surface area contributed by atoms with Crippen molar-refractivity contribution in [2.24, 2.45) is 5.84 Å². The summed E-state index contributed by atoms with van der Waals surface area (Å²) in [6, 6.07) is 0. The van der Waals surface area contributed by atoms with Crippen LogP contribution in [0.15, 0.2) is 5.16 Å². The van der Waals surface area contributed by atoms with E-state index in [1.807, 2.05) is 0 Å². The van der Waals surface area contributed by atoms with Crippen molar-refractivity contribution in [1.82, 2.24) is 15.0 Å². The summed E-state index contributed by atoms with van der Waals surface area (Å²) in [5, 5.41) is 1.10. The van der Waals surface area contributed by atoms with E-state index in [4.69, 9.17) is 10.6 Å². The molecule has 1 aliphatic rings. The number of anilines is 2. The Morgan fingerprint density at radius 3 is 2.61 bits per heavy atom. The van der Waals surface area contributed by atoms with Gasteiger partial charge in [0.05, 0.1) is 13.2 Å². The Morgan fingerprint density at radius 1 is 1.28 bits per heavy atom. The highest BCUT2D eigenvalue weighted by Crippen LogP contribution is 2.22. The highest BCUT2D eigenvalue weighted by Gasteiger charge is 2.16. The summed E-state index contributed by atoms with van der Waals surface area (Å²) >= 11 is 1.59. The maximum Gasteiger partial charge on any atom is 0.242 e. The van der Waals surface area contributed by atoms with Gasteiger partial charge in [0.15, 0.2) is 5.16 Å². The van der Waals surface area contributed by atoms with E-state index in [0.29, 0.717) is 35.5 Å². The lowest BCUT2D eigenvalue weighted by Crippen LogP contribution is -2.37. The van der Waals surface area contributed by atoms with Gasteiger partial charge in [0.25, 0.3) is 0 Å². The molecule has 0 atom stereocenters. The molecule has 1 aromatic heterocycles. The first-order valence-electron chi connectivity index (χ1n) is 5.91. The molecule has 0 bridgehead atoms. The standard InChI is InChI=1S/C10H18N6OS/c1-7(2)18-10-13-8(15-11)12-9(14-10)16-3-5-17-6-4-16/h7H,3-6,11H2,1-2H3,(H,12,13,14,15). The minimum Gasteiger partial charge on any atom is -0.378 e. The number of ether oxygens (including phenoxy) is 1. The second-order valence-corrected chi connectivity index (χ2v) is 5.70. The first-order chi connectivity index (χ1) is 8.69. The van der Waals surface area contributed by atoms with Crippen LogP contribution < -0.4 is 16.2 Å². The van der Waals surface area contributed by atoms with Crippen LogP contribution in [0.2, 0.25) is 0 Å². The lowest BCUT2D eigenvalue weighted by molar-refractivity contribution is 0.122. The first-order valence-corrected chi connectivity index (χ1v) is 6.79. The molecule has 100 valence electrons. The van der Waals surface area contributed by atoms with Crippen LogP contribution in [0.25, 0.3) is 0 Å². The second-order valence-electron chi connectivity index (χ2n) is 4.15. The number of nitrogens with two attached hydrogens (primary N) is 1. The lowest BCUT2D eigenvalue weighted by Gasteiger charge is -2.27. The Kier molecular flexibility index (Phi) is 4.56. The van der Waals surface area contributed by atoms with Crippen molar-refractivity contribution in [3.8, 4) is 0 Å². The number of hydrogen-bond donors (Lipinski definition) is 2. The van der Waals surface area contributed by atoms with Gasteiger partial charge in [0.1, 0.15) is 0 Å². The van der Waals surface area contributed by atoms with E-state index in [1.54, 1.807) is 11.8 Å². The van der Waals surface area contributed by atoms with Gasteiger partial charge in [-0.05, 0) is 0 Å². The normalized spacial score (nSPS) is 16.1. The molecule has 2 heterocycles. The molecule has 8 heteroatoms. The highest BCUT2D eigenvalue weighted by atomic mass is 32.2. The van der Waals surface area contributed by atoms with Gasteiger partial charge in [-0.1, -0.05) is 25.6 Å². The third-order valence-electron chi connectivity index (χ3n) is 2.37. The smallest absolute Gasteiger partial charge is 0.242 e. The number of hydrazine groups is 1. The Balaban J connectivity index is 2.22. The molecule has 1 saturated heterocycles. The monoisotopic (exact) mass is 270 g/mol. The molecule has 18 heavy (non-hydrogen) atoms.